The minimum Gasteiger partial charge on any atom is -0.497 e. The molecule has 1 aliphatic rings. The number of methoxy groups -OCH3 is 1. The largest absolute Gasteiger partial charge is 0.497 e. The van der Waals surface area contributed by atoms with Crippen LogP contribution in [0.2, 0.25) is 0 Å². The number of benzene rings is 1. The highest BCUT2D eigenvalue weighted by molar-refractivity contribution is 5.81. The Morgan fingerprint density at radius 2 is 1.94 bits per heavy atom. The molecule has 0 bridgehead atoms. The Balaban J connectivity index is 1.80. The number of hydrogen-bond donors (Lipinski definition) is 0. The molecule has 0 unspecified atom stereocenters. The average Bonchev–Trinajstić information content (AvgIpc) is 2.46. The first-order valence-electron chi connectivity index (χ1n) is 6.53. The topological polar surface area (TPSA) is 35.5 Å². The van der Waals surface area contributed by atoms with Crippen molar-refractivity contribution in [3.8, 4) is 5.75 Å². The van der Waals surface area contributed by atoms with Crippen molar-refractivity contribution in [1.82, 2.24) is 0 Å². The molecule has 3 nitrogen and oxygen atoms in total. The van der Waals surface area contributed by atoms with E-state index in [4.69, 9.17) is 9.47 Å². The number of rotatable bonds is 5. The van der Waals surface area contributed by atoms with Crippen LogP contribution in [0.15, 0.2) is 24.3 Å². The second-order valence-electron chi connectivity index (χ2n) is 4.70. The van der Waals surface area contributed by atoms with Crippen LogP contribution in [0.3, 0.4) is 0 Å². The quantitative estimate of drug-likeness (QED) is 0.803. The van der Waals surface area contributed by atoms with Gasteiger partial charge in [-0.1, -0.05) is 12.1 Å². The van der Waals surface area contributed by atoms with Crippen molar-refractivity contribution in [2.45, 2.75) is 25.7 Å². The molecule has 2 rings (SSSR count). The third-order valence-corrected chi connectivity index (χ3v) is 3.50. The minimum atomic E-state index is 0.219. The highest BCUT2D eigenvalue weighted by atomic mass is 16.5. The first kappa shape index (κ1) is 13.1. The summed E-state index contributed by atoms with van der Waals surface area (Å²) in [5.41, 5.74) is 1.19. The maximum Gasteiger partial charge on any atom is 0.136 e. The van der Waals surface area contributed by atoms with E-state index >= 15 is 0 Å². The summed E-state index contributed by atoms with van der Waals surface area (Å²) in [5, 5.41) is 0. The SMILES string of the molecule is COc1ccc(CCC(=O)C2CCOCC2)cc1. The first-order chi connectivity index (χ1) is 8.79. The van der Waals surface area contributed by atoms with Crippen molar-refractivity contribution in [2.24, 2.45) is 5.92 Å². The van der Waals surface area contributed by atoms with E-state index in [-0.39, 0.29) is 5.92 Å². The molecular formula is C15H20O3. The zero-order chi connectivity index (χ0) is 12.8. The molecule has 1 fully saturated rings. The van der Waals surface area contributed by atoms with Crippen LogP contribution in [0.1, 0.15) is 24.8 Å². The lowest BCUT2D eigenvalue weighted by molar-refractivity contribution is -0.125. The van der Waals surface area contributed by atoms with Gasteiger partial charge in [0.25, 0.3) is 0 Å². The van der Waals surface area contributed by atoms with Gasteiger partial charge >= 0.3 is 0 Å². The molecule has 0 aromatic heterocycles. The standard InChI is InChI=1S/C15H20O3/c1-17-14-5-2-12(3-6-14)4-7-15(16)13-8-10-18-11-9-13/h2-3,5-6,13H,4,7-11H2,1H3. The molecule has 0 spiro atoms. The van der Waals surface area contributed by atoms with Gasteiger partial charge in [-0.25, -0.2) is 0 Å². The molecule has 0 saturated carbocycles. The van der Waals surface area contributed by atoms with Crippen molar-refractivity contribution in [3.63, 3.8) is 0 Å². The summed E-state index contributed by atoms with van der Waals surface area (Å²) in [7, 11) is 1.66. The summed E-state index contributed by atoms with van der Waals surface area (Å²) >= 11 is 0. The van der Waals surface area contributed by atoms with E-state index in [0.717, 1.165) is 38.2 Å². The maximum absolute atomic E-state index is 12.0. The first-order valence-corrected chi connectivity index (χ1v) is 6.53. The zero-order valence-electron chi connectivity index (χ0n) is 10.9. The van der Waals surface area contributed by atoms with Gasteiger partial charge in [0.05, 0.1) is 7.11 Å². The number of hydrogen-bond acceptors (Lipinski definition) is 3. The molecule has 3 heteroatoms. The number of carbonyl (C=O) groups excluding carboxylic acids is 1. The van der Waals surface area contributed by atoms with Crippen LogP contribution in [-0.4, -0.2) is 26.1 Å². The third-order valence-electron chi connectivity index (χ3n) is 3.50. The Morgan fingerprint density at radius 1 is 1.28 bits per heavy atom. The van der Waals surface area contributed by atoms with E-state index in [0.29, 0.717) is 12.2 Å². The third kappa shape index (κ3) is 3.57. The van der Waals surface area contributed by atoms with Crippen LogP contribution < -0.4 is 4.74 Å². The average molecular weight is 248 g/mol. The van der Waals surface area contributed by atoms with E-state index < -0.39 is 0 Å². The van der Waals surface area contributed by atoms with Crippen molar-refractivity contribution < 1.29 is 14.3 Å². The Labute approximate surface area is 108 Å². The molecule has 1 heterocycles. The fourth-order valence-corrected chi connectivity index (χ4v) is 2.28. The molecule has 0 atom stereocenters. The van der Waals surface area contributed by atoms with Gasteiger partial charge in [-0.15, -0.1) is 0 Å². The molecule has 1 aliphatic heterocycles. The molecular weight excluding hydrogens is 228 g/mol. The smallest absolute Gasteiger partial charge is 0.136 e. The summed E-state index contributed by atoms with van der Waals surface area (Å²) in [4.78, 5) is 12.0. The highest BCUT2D eigenvalue weighted by Gasteiger charge is 2.20. The Kier molecular flexibility index (Phi) is 4.76. The van der Waals surface area contributed by atoms with Crippen molar-refractivity contribution in [1.29, 1.82) is 0 Å². The number of ether oxygens (including phenoxy) is 2. The molecule has 18 heavy (non-hydrogen) atoms. The van der Waals surface area contributed by atoms with Crippen LogP contribution in [0, 0.1) is 5.92 Å². The fourth-order valence-electron chi connectivity index (χ4n) is 2.28. The Bertz CT molecular complexity index is 377. The summed E-state index contributed by atoms with van der Waals surface area (Å²) < 4.78 is 10.4. The summed E-state index contributed by atoms with van der Waals surface area (Å²) in [5.74, 6) is 1.46. The molecule has 0 radical (unpaired) electrons. The fraction of sp³-hybridized carbons (Fsp3) is 0.533. The lowest BCUT2D eigenvalue weighted by Gasteiger charge is -2.20. The molecule has 0 amide bonds. The van der Waals surface area contributed by atoms with Crippen molar-refractivity contribution >= 4 is 5.78 Å². The van der Waals surface area contributed by atoms with Crippen LogP contribution in [0.25, 0.3) is 0 Å². The second-order valence-corrected chi connectivity index (χ2v) is 4.70. The van der Waals surface area contributed by atoms with Crippen LogP contribution >= 0.6 is 0 Å². The van der Waals surface area contributed by atoms with Crippen LogP contribution in [0.4, 0.5) is 0 Å². The van der Waals surface area contributed by atoms with E-state index in [1.165, 1.54) is 5.56 Å². The Hall–Kier alpha value is -1.35. The van der Waals surface area contributed by atoms with Gasteiger partial charge < -0.3 is 9.47 Å². The molecule has 1 aromatic carbocycles. The summed E-state index contributed by atoms with van der Waals surface area (Å²) in [6, 6.07) is 7.93. The predicted octanol–water partition coefficient (Wildman–Crippen LogP) is 2.62. The summed E-state index contributed by atoms with van der Waals surface area (Å²) in [6.07, 6.45) is 3.24. The maximum atomic E-state index is 12.0. The van der Waals surface area contributed by atoms with Gasteiger partial charge in [0, 0.05) is 25.6 Å². The van der Waals surface area contributed by atoms with Gasteiger partial charge in [-0.3, -0.25) is 4.79 Å². The normalized spacial score (nSPS) is 16.5. The zero-order valence-corrected chi connectivity index (χ0v) is 10.9. The molecule has 0 N–H and O–H groups in total. The molecule has 1 saturated heterocycles. The van der Waals surface area contributed by atoms with Gasteiger partial charge in [0.15, 0.2) is 0 Å². The van der Waals surface area contributed by atoms with Crippen LogP contribution in [-0.2, 0) is 16.0 Å². The van der Waals surface area contributed by atoms with Crippen molar-refractivity contribution in [3.05, 3.63) is 29.8 Å². The van der Waals surface area contributed by atoms with Gasteiger partial charge in [-0.2, -0.15) is 0 Å². The summed E-state index contributed by atoms with van der Waals surface area (Å²) in [6.45, 7) is 1.47. The van der Waals surface area contributed by atoms with Crippen LogP contribution in [0.5, 0.6) is 5.75 Å². The molecule has 98 valence electrons. The molecule has 0 aliphatic carbocycles. The van der Waals surface area contributed by atoms with Gasteiger partial charge in [0.1, 0.15) is 11.5 Å². The van der Waals surface area contributed by atoms with Crippen molar-refractivity contribution in [2.75, 3.05) is 20.3 Å². The number of ketones is 1. The molecule has 1 aromatic rings. The number of carbonyl (C=O) groups is 1. The Morgan fingerprint density at radius 3 is 2.56 bits per heavy atom. The van der Waals surface area contributed by atoms with E-state index in [1.54, 1.807) is 7.11 Å². The monoisotopic (exact) mass is 248 g/mol. The lowest BCUT2D eigenvalue weighted by atomic mass is 9.92. The minimum absolute atomic E-state index is 0.219. The lowest BCUT2D eigenvalue weighted by Crippen LogP contribution is -2.23. The van der Waals surface area contributed by atoms with E-state index in [1.807, 2.05) is 24.3 Å². The van der Waals surface area contributed by atoms with Gasteiger partial charge in [0.2, 0.25) is 0 Å². The highest BCUT2D eigenvalue weighted by Crippen LogP contribution is 2.19. The van der Waals surface area contributed by atoms with Gasteiger partial charge in [-0.05, 0) is 37.0 Å². The van der Waals surface area contributed by atoms with E-state index in [9.17, 15) is 4.79 Å². The predicted molar refractivity (Wildman–Crippen MR) is 69.9 cm³/mol. The van der Waals surface area contributed by atoms with E-state index in [2.05, 4.69) is 0 Å². The number of aryl methyl sites for hydroxylation is 1. The number of Topliss-reactive ketones (excluding diaryl/α,β-unsaturated/α-hetero) is 1. The second kappa shape index (κ2) is 6.55.